The Morgan fingerprint density at radius 3 is 2.67 bits per heavy atom. The molecule has 0 bridgehead atoms. The minimum atomic E-state index is -0.133. The zero-order chi connectivity index (χ0) is 17.3. The highest BCUT2D eigenvalue weighted by atomic mass is 35.5. The van der Waals surface area contributed by atoms with Crippen molar-refractivity contribution in [3.05, 3.63) is 69.0 Å². The number of rotatable bonds is 1. The van der Waals surface area contributed by atoms with Crippen molar-refractivity contribution in [2.24, 2.45) is 7.05 Å². The molecule has 0 saturated heterocycles. The molecule has 3 heterocycles. The molecule has 0 atom stereocenters. The maximum atomic E-state index is 11.8. The van der Waals surface area contributed by atoms with Crippen LogP contribution in [-0.2, 0) is 7.05 Å². The lowest BCUT2D eigenvalue weighted by Crippen LogP contribution is -2.18. The highest BCUT2D eigenvalue weighted by molar-refractivity contribution is 6.29. The molecule has 0 aliphatic carbocycles. The Hall–Kier alpha value is -2.91. The van der Waals surface area contributed by atoms with Gasteiger partial charge in [-0.3, -0.25) is 9.36 Å². The smallest absolute Gasteiger partial charge is 0.255 e. The Morgan fingerprint density at radius 2 is 1.96 bits per heavy atom. The van der Waals surface area contributed by atoms with Crippen LogP contribution in [0.1, 0.15) is 22.8 Å². The molecule has 7 heteroatoms. The summed E-state index contributed by atoms with van der Waals surface area (Å²) in [5.41, 5.74) is 2.07. The maximum Gasteiger partial charge on any atom is 0.255 e. The molecule has 24 heavy (non-hydrogen) atoms. The number of nitrogens with zero attached hydrogens (tertiary/aromatic N) is 5. The first-order valence-corrected chi connectivity index (χ1v) is 7.56. The first-order valence-electron chi connectivity index (χ1n) is 7.18. The second-order valence-corrected chi connectivity index (χ2v) is 5.63. The maximum absolute atomic E-state index is 11.8. The largest absolute Gasteiger partial charge is 0.302 e. The Bertz CT molecular complexity index is 1040. The first kappa shape index (κ1) is 16.0. The number of aromatic nitrogens is 5. The van der Waals surface area contributed by atoms with Crippen molar-refractivity contribution in [2.45, 2.75) is 13.8 Å². The Morgan fingerprint density at radius 1 is 1.17 bits per heavy atom. The van der Waals surface area contributed by atoms with Crippen LogP contribution in [0.3, 0.4) is 0 Å². The van der Waals surface area contributed by atoms with Crippen LogP contribution in [0.5, 0.6) is 0 Å². The Balaban J connectivity index is 2.04. The van der Waals surface area contributed by atoms with E-state index in [0.29, 0.717) is 22.5 Å². The fourth-order valence-corrected chi connectivity index (χ4v) is 2.46. The minimum Gasteiger partial charge on any atom is -0.302 e. The Labute approximate surface area is 143 Å². The van der Waals surface area contributed by atoms with E-state index in [-0.39, 0.29) is 5.56 Å². The van der Waals surface area contributed by atoms with Gasteiger partial charge in [0.15, 0.2) is 0 Å². The summed E-state index contributed by atoms with van der Waals surface area (Å²) in [6.45, 7) is 3.74. The van der Waals surface area contributed by atoms with E-state index in [9.17, 15) is 4.79 Å². The predicted octanol–water partition coefficient (Wildman–Crippen LogP) is 2.03. The number of hydrogen-bond acceptors (Lipinski definition) is 4. The lowest BCUT2D eigenvalue weighted by Gasteiger charge is -2.06. The van der Waals surface area contributed by atoms with E-state index in [1.165, 1.54) is 17.0 Å². The van der Waals surface area contributed by atoms with Gasteiger partial charge in [0, 0.05) is 24.9 Å². The van der Waals surface area contributed by atoms with Gasteiger partial charge in [-0.05, 0) is 31.9 Å². The number of halogens is 1. The molecule has 3 aromatic heterocycles. The summed E-state index contributed by atoms with van der Waals surface area (Å²) in [5.74, 6) is 7.29. The Kier molecular flexibility index (Phi) is 4.19. The average Bonchev–Trinajstić information content (AvgIpc) is 2.82. The van der Waals surface area contributed by atoms with Gasteiger partial charge in [0.25, 0.3) is 5.56 Å². The van der Waals surface area contributed by atoms with Crippen LogP contribution >= 0.6 is 11.6 Å². The van der Waals surface area contributed by atoms with E-state index in [4.69, 9.17) is 11.6 Å². The third kappa shape index (κ3) is 3.07. The molecule has 0 radical (unpaired) electrons. The zero-order valence-corrected chi connectivity index (χ0v) is 14.2. The molecule has 0 aromatic carbocycles. The van der Waals surface area contributed by atoms with Crippen molar-refractivity contribution < 1.29 is 0 Å². The van der Waals surface area contributed by atoms with Gasteiger partial charge in [-0.1, -0.05) is 17.5 Å². The van der Waals surface area contributed by atoms with E-state index in [1.54, 1.807) is 25.4 Å². The molecule has 0 aliphatic heterocycles. The van der Waals surface area contributed by atoms with Gasteiger partial charge in [0.1, 0.15) is 22.5 Å². The van der Waals surface area contributed by atoms with E-state index < -0.39 is 0 Å². The molecule has 0 amide bonds. The fourth-order valence-electron chi connectivity index (χ4n) is 2.28. The summed E-state index contributed by atoms with van der Waals surface area (Å²) >= 11 is 5.86. The fraction of sp³-hybridized carbons (Fsp3) is 0.176. The van der Waals surface area contributed by atoms with Crippen molar-refractivity contribution in [3.8, 4) is 17.7 Å². The average molecular weight is 340 g/mol. The third-order valence-electron chi connectivity index (χ3n) is 3.52. The van der Waals surface area contributed by atoms with Crippen LogP contribution in [0.25, 0.3) is 5.82 Å². The molecule has 0 saturated carbocycles. The molecule has 120 valence electrons. The quantitative estimate of drug-likeness (QED) is 0.502. The molecule has 6 nitrogen and oxygen atoms in total. The van der Waals surface area contributed by atoms with Gasteiger partial charge in [-0.25, -0.2) is 15.0 Å². The molecule has 0 unspecified atom stereocenters. The SMILES string of the molecule is Cc1nc(C#Cc2ccnc(Cl)c2)c(C)n1-c1cc(=O)n(C)cn1. The summed E-state index contributed by atoms with van der Waals surface area (Å²) in [6, 6.07) is 4.94. The molecule has 3 aromatic rings. The normalized spacial score (nSPS) is 10.3. The molecule has 0 spiro atoms. The van der Waals surface area contributed by atoms with E-state index in [2.05, 4.69) is 26.8 Å². The highest BCUT2D eigenvalue weighted by Gasteiger charge is 2.12. The summed E-state index contributed by atoms with van der Waals surface area (Å²) in [4.78, 5) is 24.5. The van der Waals surface area contributed by atoms with Crippen molar-refractivity contribution in [2.75, 3.05) is 0 Å². The van der Waals surface area contributed by atoms with Gasteiger partial charge in [-0.2, -0.15) is 0 Å². The topological polar surface area (TPSA) is 65.6 Å². The van der Waals surface area contributed by atoms with Crippen LogP contribution in [0.15, 0.2) is 35.5 Å². The molecule has 0 aliphatic rings. The van der Waals surface area contributed by atoms with E-state index in [0.717, 1.165) is 11.3 Å². The monoisotopic (exact) mass is 339 g/mol. The van der Waals surface area contributed by atoms with Crippen molar-refractivity contribution in [3.63, 3.8) is 0 Å². The second kappa shape index (κ2) is 6.30. The van der Waals surface area contributed by atoms with Crippen molar-refractivity contribution >= 4 is 11.6 Å². The summed E-state index contributed by atoms with van der Waals surface area (Å²) in [5, 5.41) is 0.393. The number of imidazole rings is 1. The molecule has 0 fully saturated rings. The van der Waals surface area contributed by atoms with Crippen LogP contribution < -0.4 is 5.56 Å². The zero-order valence-electron chi connectivity index (χ0n) is 13.4. The first-order chi connectivity index (χ1) is 11.5. The summed E-state index contributed by atoms with van der Waals surface area (Å²) in [6.07, 6.45) is 3.09. The number of aryl methyl sites for hydroxylation is 2. The van der Waals surface area contributed by atoms with E-state index >= 15 is 0 Å². The summed E-state index contributed by atoms with van der Waals surface area (Å²) < 4.78 is 3.23. The third-order valence-corrected chi connectivity index (χ3v) is 3.73. The standard InChI is InChI=1S/C17H14ClN5O/c1-11-14(5-4-13-6-7-19-15(18)8-13)21-12(2)23(11)16-9-17(24)22(3)10-20-16/h6-10H,1-3H3. The van der Waals surface area contributed by atoms with Crippen LogP contribution in [-0.4, -0.2) is 24.1 Å². The molecular weight excluding hydrogens is 326 g/mol. The minimum absolute atomic E-state index is 0.133. The lowest BCUT2D eigenvalue weighted by molar-refractivity contribution is 0.794. The predicted molar refractivity (Wildman–Crippen MR) is 91.3 cm³/mol. The van der Waals surface area contributed by atoms with Gasteiger partial charge in [0.2, 0.25) is 0 Å². The van der Waals surface area contributed by atoms with E-state index in [1.807, 2.05) is 18.4 Å². The number of pyridine rings is 1. The van der Waals surface area contributed by atoms with Gasteiger partial charge in [0.05, 0.1) is 12.0 Å². The van der Waals surface area contributed by atoms with Crippen molar-refractivity contribution in [1.29, 1.82) is 0 Å². The highest BCUT2D eigenvalue weighted by Crippen LogP contribution is 2.14. The molecular formula is C17H14ClN5O. The number of hydrogen-bond donors (Lipinski definition) is 0. The van der Waals surface area contributed by atoms with Crippen LogP contribution in [0.2, 0.25) is 5.15 Å². The molecule has 3 rings (SSSR count). The van der Waals surface area contributed by atoms with Crippen LogP contribution in [0.4, 0.5) is 0 Å². The van der Waals surface area contributed by atoms with Gasteiger partial charge >= 0.3 is 0 Å². The van der Waals surface area contributed by atoms with Crippen molar-refractivity contribution in [1.82, 2.24) is 24.1 Å². The lowest BCUT2D eigenvalue weighted by atomic mass is 10.2. The summed E-state index contributed by atoms with van der Waals surface area (Å²) in [7, 11) is 1.66. The second-order valence-electron chi connectivity index (χ2n) is 5.24. The van der Waals surface area contributed by atoms with Gasteiger partial charge < -0.3 is 4.57 Å². The van der Waals surface area contributed by atoms with Gasteiger partial charge in [-0.15, -0.1) is 0 Å². The molecule has 0 N–H and O–H groups in total. The van der Waals surface area contributed by atoms with Crippen LogP contribution in [0, 0.1) is 25.7 Å².